The monoisotopic (exact) mass is 190 g/mol. The Morgan fingerprint density at radius 3 is 1.50 bits per heavy atom. The normalized spacial score (nSPS) is 9.50. The molecule has 0 aliphatic rings. The third-order valence-corrected chi connectivity index (χ3v) is 0.406. The predicted molar refractivity (Wildman–Crippen MR) is 35.7 cm³/mol. The lowest BCUT2D eigenvalue weighted by atomic mass is 10.8. The Kier molecular flexibility index (Phi) is 6.77. The Bertz CT molecular complexity index is 172. The van der Waals surface area contributed by atoms with Crippen LogP contribution >= 0.6 is 12.6 Å². The van der Waals surface area contributed by atoms with Crippen LogP contribution in [0.2, 0.25) is 0 Å². The lowest BCUT2D eigenvalue weighted by Crippen LogP contribution is -1.92. The number of rotatable bonds is 1. The molecule has 0 aromatic rings. The summed E-state index contributed by atoms with van der Waals surface area (Å²) in [7, 11) is -4.67. The van der Waals surface area contributed by atoms with Crippen molar-refractivity contribution in [2.45, 2.75) is 0 Å². The molecule has 3 N–H and O–H groups in total. The van der Waals surface area contributed by atoms with Crippen LogP contribution in [0.1, 0.15) is 0 Å². The summed E-state index contributed by atoms with van der Waals surface area (Å²) in [6.45, 7) is 0. The van der Waals surface area contributed by atoms with Crippen molar-refractivity contribution >= 4 is 29.0 Å². The van der Waals surface area contributed by atoms with Gasteiger partial charge in [0.05, 0.1) is 5.75 Å². The molecule has 0 atom stereocenters. The largest absolute Gasteiger partial charge is 0.481 e. The zero-order chi connectivity index (χ0) is 8.78. The molecule has 0 unspecified atom stereocenters. The SMILES string of the molecule is O=C(O)CS.O=S(=O)(O)O. The zero-order valence-corrected chi connectivity index (χ0v) is 6.34. The molecule has 0 aliphatic heterocycles. The molecule has 0 saturated heterocycles. The van der Waals surface area contributed by atoms with E-state index < -0.39 is 16.4 Å². The molecular weight excluding hydrogens is 184 g/mol. The van der Waals surface area contributed by atoms with Gasteiger partial charge in [-0.2, -0.15) is 21.0 Å². The number of carboxylic acids is 1. The number of carboxylic acid groups (broad SMARTS) is 1. The Morgan fingerprint density at radius 2 is 1.50 bits per heavy atom. The molecule has 0 saturated carbocycles. The van der Waals surface area contributed by atoms with Crippen LogP contribution in [0, 0.1) is 0 Å². The van der Waals surface area contributed by atoms with Crippen LogP contribution in [-0.4, -0.2) is 34.4 Å². The minimum absolute atomic E-state index is 0.0833. The Hall–Kier alpha value is -0.310. The lowest BCUT2D eigenvalue weighted by Gasteiger charge is -1.71. The summed E-state index contributed by atoms with van der Waals surface area (Å²) < 4.78 is 31.6. The molecular formula is C2H6O6S2. The van der Waals surface area contributed by atoms with Gasteiger partial charge in [0, 0.05) is 0 Å². The lowest BCUT2D eigenvalue weighted by molar-refractivity contribution is -0.133. The standard InChI is InChI=1S/C2H4O2S.H2O4S/c3-2(4)1-5;1-5(2,3)4/h5H,1H2,(H,3,4);(H2,1,2,3,4). The molecule has 6 nitrogen and oxygen atoms in total. The fourth-order valence-electron chi connectivity index (χ4n) is 0. The van der Waals surface area contributed by atoms with Crippen molar-refractivity contribution in [1.82, 2.24) is 0 Å². The van der Waals surface area contributed by atoms with Gasteiger partial charge >= 0.3 is 16.4 Å². The van der Waals surface area contributed by atoms with Crippen LogP contribution in [-0.2, 0) is 15.2 Å². The third-order valence-electron chi connectivity index (χ3n) is 0.135. The molecule has 0 aromatic carbocycles. The average Bonchev–Trinajstić information content (AvgIpc) is 1.61. The first-order valence-corrected chi connectivity index (χ1v) is 3.83. The summed E-state index contributed by atoms with van der Waals surface area (Å²) in [5, 5.41) is 7.65. The van der Waals surface area contributed by atoms with E-state index in [0.29, 0.717) is 0 Å². The molecule has 0 radical (unpaired) electrons. The van der Waals surface area contributed by atoms with Gasteiger partial charge < -0.3 is 5.11 Å². The van der Waals surface area contributed by atoms with Gasteiger partial charge in [-0.3, -0.25) is 13.9 Å². The fraction of sp³-hybridized carbons (Fsp3) is 0.500. The summed E-state index contributed by atoms with van der Waals surface area (Å²) in [4.78, 5) is 9.29. The molecule has 62 valence electrons. The van der Waals surface area contributed by atoms with E-state index in [4.69, 9.17) is 22.6 Å². The van der Waals surface area contributed by atoms with Crippen molar-refractivity contribution in [2.24, 2.45) is 0 Å². The summed E-state index contributed by atoms with van der Waals surface area (Å²) in [6.07, 6.45) is 0. The smallest absolute Gasteiger partial charge is 0.394 e. The molecule has 10 heavy (non-hydrogen) atoms. The van der Waals surface area contributed by atoms with Gasteiger partial charge in [-0.25, -0.2) is 0 Å². The van der Waals surface area contributed by atoms with Crippen molar-refractivity contribution in [3.63, 3.8) is 0 Å². The summed E-state index contributed by atoms with van der Waals surface area (Å²) in [5.41, 5.74) is 0. The molecule has 0 amide bonds. The van der Waals surface area contributed by atoms with E-state index in [9.17, 15) is 4.79 Å². The number of hydrogen-bond acceptors (Lipinski definition) is 4. The van der Waals surface area contributed by atoms with Gasteiger partial charge in [-0.15, -0.1) is 0 Å². The second-order valence-corrected chi connectivity index (χ2v) is 2.21. The number of carbonyl (C=O) groups is 1. The van der Waals surface area contributed by atoms with Crippen molar-refractivity contribution in [3.8, 4) is 0 Å². The summed E-state index contributed by atoms with van der Waals surface area (Å²) >= 11 is 3.42. The topological polar surface area (TPSA) is 112 Å². The van der Waals surface area contributed by atoms with Crippen LogP contribution < -0.4 is 0 Å². The maximum Gasteiger partial charge on any atom is 0.394 e. The Labute approximate surface area is 62.9 Å². The molecule has 0 aromatic heterocycles. The van der Waals surface area contributed by atoms with Crippen LogP contribution in [0.25, 0.3) is 0 Å². The van der Waals surface area contributed by atoms with Gasteiger partial charge in [0.25, 0.3) is 0 Å². The molecule has 8 heteroatoms. The maximum absolute atomic E-state index is 9.29. The van der Waals surface area contributed by atoms with Crippen molar-refractivity contribution in [1.29, 1.82) is 0 Å². The van der Waals surface area contributed by atoms with Gasteiger partial charge in [0.15, 0.2) is 0 Å². The minimum atomic E-state index is -4.67. The van der Waals surface area contributed by atoms with Crippen LogP contribution in [0.4, 0.5) is 0 Å². The zero-order valence-electron chi connectivity index (χ0n) is 4.63. The first kappa shape index (κ1) is 12.4. The molecule has 0 aliphatic carbocycles. The van der Waals surface area contributed by atoms with Gasteiger partial charge in [-0.1, -0.05) is 0 Å². The van der Waals surface area contributed by atoms with E-state index in [1.54, 1.807) is 0 Å². The summed E-state index contributed by atoms with van der Waals surface area (Å²) in [6, 6.07) is 0. The first-order chi connectivity index (χ1) is 4.27. The van der Waals surface area contributed by atoms with Gasteiger partial charge in [-0.05, 0) is 0 Å². The van der Waals surface area contributed by atoms with E-state index in [2.05, 4.69) is 12.6 Å². The number of hydrogen-bond donors (Lipinski definition) is 4. The quantitative estimate of drug-likeness (QED) is 0.323. The highest BCUT2D eigenvalue weighted by Gasteiger charge is 1.84. The number of aliphatic carboxylic acids is 1. The van der Waals surface area contributed by atoms with Gasteiger partial charge in [0.2, 0.25) is 0 Å². The number of thiol groups is 1. The van der Waals surface area contributed by atoms with Crippen molar-refractivity contribution < 1.29 is 27.4 Å². The van der Waals surface area contributed by atoms with Crippen molar-refractivity contribution in [3.05, 3.63) is 0 Å². The third kappa shape index (κ3) is 121. The second-order valence-electron chi connectivity index (χ2n) is 1.000. The average molecular weight is 190 g/mol. The van der Waals surface area contributed by atoms with Gasteiger partial charge in [0.1, 0.15) is 0 Å². The molecule has 0 heterocycles. The van der Waals surface area contributed by atoms with E-state index in [1.165, 1.54) is 0 Å². The summed E-state index contributed by atoms with van der Waals surface area (Å²) in [5.74, 6) is -0.965. The van der Waals surface area contributed by atoms with E-state index >= 15 is 0 Å². The fourth-order valence-corrected chi connectivity index (χ4v) is 0. The molecule has 0 bridgehead atoms. The Balaban J connectivity index is 0. The highest BCUT2D eigenvalue weighted by atomic mass is 32.3. The van der Waals surface area contributed by atoms with Crippen molar-refractivity contribution in [2.75, 3.05) is 5.75 Å². The molecule has 0 fully saturated rings. The highest BCUT2D eigenvalue weighted by molar-refractivity contribution is 7.81. The van der Waals surface area contributed by atoms with E-state index in [0.717, 1.165) is 0 Å². The van der Waals surface area contributed by atoms with Crippen LogP contribution in [0.3, 0.4) is 0 Å². The predicted octanol–water partition coefficient (Wildman–Crippen LogP) is -0.652. The molecule has 0 rings (SSSR count). The Morgan fingerprint density at radius 1 is 1.40 bits per heavy atom. The highest BCUT2D eigenvalue weighted by Crippen LogP contribution is 1.66. The van der Waals surface area contributed by atoms with Crippen LogP contribution in [0.5, 0.6) is 0 Å². The maximum atomic E-state index is 9.29. The minimum Gasteiger partial charge on any atom is -0.481 e. The van der Waals surface area contributed by atoms with E-state index in [1.807, 2.05) is 0 Å². The van der Waals surface area contributed by atoms with Crippen LogP contribution in [0.15, 0.2) is 0 Å². The van der Waals surface area contributed by atoms with E-state index in [-0.39, 0.29) is 5.75 Å². The second kappa shape index (κ2) is 5.47. The first-order valence-electron chi connectivity index (χ1n) is 1.80. The molecule has 0 spiro atoms.